The standard InChI is InChI=1S/C17H22FN3O3S2/c1-13-17(14(2)24-19-13)26(22,23)21-9-7-20(8-10-21)11-12-25-16-6-4-3-5-15(16)18/h3-6H,7-12H2,1-2H3. The van der Waals surface area contributed by atoms with Gasteiger partial charge in [-0.25, -0.2) is 12.8 Å². The molecule has 1 aliphatic heterocycles. The number of rotatable bonds is 6. The highest BCUT2D eigenvalue weighted by Gasteiger charge is 2.33. The summed E-state index contributed by atoms with van der Waals surface area (Å²) in [7, 11) is -3.58. The second-order valence-corrected chi connectivity index (χ2v) is 9.19. The van der Waals surface area contributed by atoms with Crippen molar-refractivity contribution in [3.05, 3.63) is 41.5 Å². The van der Waals surface area contributed by atoms with Gasteiger partial charge in [-0.2, -0.15) is 4.31 Å². The molecular formula is C17H22FN3O3S2. The van der Waals surface area contributed by atoms with Crippen LogP contribution in [0.1, 0.15) is 11.5 Å². The number of thioether (sulfide) groups is 1. The molecule has 142 valence electrons. The van der Waals surface area contributed by atoms with E-state index in [1.165, 1.54) is 22.1 Å². The quantitative estimate of drug-likeness (QED) is 0.696. The molecule has 2 aromatic rings. The number of benzene rings is 1. The molecule has 1 saturated heterocycles. The first kappa shape index (κ1) is 19.3. The fourth-order valence-electron chi connectivity index (χ4n) is 3.01. The fraction of sp³-hybridized carbons (Fsp3) is 0.471. The predicted octanol–water partition coefficient (Wildman–Crippen LogP) is 2.53. The van der Waals surface area contributed by atoms with E-state index in [2.05, 4.69) is 10.1 Å². The lowest BCUT2D eigenvalue weighted by Crippen LogP contribution is -2.49. The van der Waals surface area contributed by atoms with Crippen molar-refractivity contribution in [2.24, 2.45) is 0 Å². The number of hydrogen-bond acceptors (Lipinski definition) is 6. The molecule has 1 aromatic heterocycles. The van der Waals surface area contributed by atoms with Gasteiger partial charge in [-0.1, -0.05) is 17.3 Å². The van der Waals surface area contributed by atoms with Gasteiger partial charge >= 0.3 is 0 Å². The number of halogens is 1. The van der Waals surface area contributed by atoms with Gasteiger partial charge in [0.2, 0.25) is 10.0 Å². The molecule has 6 nitrogen and oxygen atoms in total. The summed E-state index contributed by atoms with van der Waals surface area (Å²) >= 11 is 1.48. The van der Waals surface area contributed by atoms with Gasteiger partial charge in [-0.3, -0.25) is 4.90 Å². The Labute approximate surface area is 157 Å². The highest BCUT2D eigenvalue weighted by atomic mass is 32.2. The van der Waals surface area contributed by atoms with Crippen LogP contribution in [0.3, 0.4) is 0 Å². The summed E-state index contributed by atoms with van der Waals surface area (Å²) < 4.78 is 45.7. The molecule has 0 amide bonds. The van der Waals surface area contributed by atoms with Gasteiger partial charge in [0.1, 0.15) is 16.4 Å². The van der Waals surface area contributed by atoms with Crippen molar-refractivity contribution in [1.29, 1.82) is 0 Å². The van der Waals surface area contributed by atoms with Gasteiger partial charge in [-0.05, 0) is 26.0 Å². The highest BCUT2D eigenvalue weighted by Crippen LogP contribution is 2.25. The molecule has 9 heteroatoms. The van der Waals surface area contributed by atoms with Crippen LogP contribution in [0.4, 0.5) is 4.39 Å². The molecule has 0 N–H and O–H groups in total. The second-order valence-electron chi connectivity index (χ2n) is 6.18. The largest absolute Gasteiger partial charge is 0.360 e. The molecule has 0 unspecified atom stereocenters. The minimum absolute atomic E-state index is 0.182. The van der Waals surface area contributed by atoms with E-state index in [4.69, 9.17) is 4.52 Å². The lowest BCUT2D eigenvalue weighted by molar-refractivity contribution is 0.197. The topological polar surface area (TPSA) is 66.7 Å². The minimum atomic E-state index is -3.58. The smallest absolute Gasteiger partial charge is 0.248 e. The molecule has 0 bridgehead atoms. The second kappa shape index (κ2) is 8.08. The van der Waals surface area contributed by atoms with E-state index in [0.29, 0.717) is 42.5 Å². The van der Waals surface area contributed by atoms with Crippen LogP contribution in [-0.2, 0) is 10.0 Å². The zero-order valence-electron chi connectivity index (χ0n) is 14.8. The van der Waals surface area contributed by atoms with Crippen molar-refractivity contribution < 1.29 is 17.3 Å². The Bertz CT molecular complexity index is 842. The van der Waals surface area contributed by atoms with E-state index in [0.717, 1.165) is 12.3 Å². The molecule has 2 heterocycles. The van der Waals surface area contributed by atoms with Crippen LogP contribution in [0, 0.1) is 19.7 Å². The summed E-state index contributed by atoms with van der Waals surface area (Å²) in [6.07, 6.45) is 0. The summed E-state index contributed by atoms with van der Waals surface area (Å²) in [5.74, 6) is 0.886. The average Bonchev–Trinajstić information content (AvgIpc) is 2.96. The van der Waals surface area contributed by atoms with Gasteiger partial charge in [0.25, 0.3) is 0 Å². The van der Waals surface area contributed by atoms with Crippen LogP contribution in [0.2, 0.25) is 0 Å². The van der Waals surface area contributed by atoms with E-state index in [-0.39, 0.29) is 10.7 Å². The molecule has 3 rings (SSSR count). The Balaban J connectivity index is 1.52. The summed E-state index contributed by atoms with van der Waals surface area (Å²) in [5, 5.41) is 3.74. The first-order valence-corrected chi connectivity index (χ1v) is 10.8. The first-order chi connectivity index (χ1) is 12.4. The molecular weight excluding hydrogens is 377 g/mol. The third kappa shape index (κ3) is 4.11. The molecule has 0 aliphatic carbocycles. The summed E-state index contributed by atoms with van der Waals surface area (Å²) in [5.41, 5.74) is 0.395. The fourth-order valence-corrected chi connectivity index (χ4v) is 5.68. The van der Waals surface area contributed by atoms with E-state index in [9.17, 15) is 12.8 Å². The van der Waals surface area contributed by atoms with Crippen molar-refractivity contribution in [2.75, 3.05) is 38.5 Å². The zero-order chi connectivity index (χ0) is 18.7. The van der Waals surface area contributed by atoms with Crippen LogP contribution in [-0.4, -0.2) is 61.3 Å². The van der Waals surface area contributed by atoms with Crippen LogP contribution in [0.15, 0.2) is 38.6 Å². The lowest BCUT2D eigenvalue weighted by atomic mass is 10.3. The third-order valence-corrected chi connectivity index (χ3v) is 7.57. The van der Waals surface area contributed by atoms with Crippen LogP contribution in [0.5, 0.6) is 0 Å². The SMILES string of the molecule is Cc1noc(C)c1S(=O)(=O)N1CCN(CCSc2ccccc2F)CC1. The minimum Gasteiger partial charge on any atom is -0.360 e. The van der Waals surface area contributed by atoms with Gasteiger partial charge < -0.3 is 4.52 Å². The summed E-state index contributed by atoms with van der Waals surface area (Å²) in [6.45, 7) is 6.20. The maximum Gasteiger partial charge on any atom is 0.248 e. The summed E-state index contributed by atoms with van der Waals surface area (Å²) in [4.78, 5) is 3.03. The van der Waals surface area contributed by atoms with Crippen LogP contribution in [0.25, 0.3) is 0 Å². The average molecular weight is 400 g/mol. The lowest BCUT2D eigenvalue weighted by Gasteiger charge is -2.33. The molecule has 1 aromatic carbocycles. The van der Waals surface area contributed by atoms with Crippen LogP contribution < -0.4 is 0 Å². The third-order valence-electron chi connectivity index (χ3n) is 4.40. The summed E-state index contributed by atoms with van der Waals surface area (Å²) in [6, 6.07) is 6.73. The molecule has 26 heavy (non-hydrogen) atoms. The Hall–Kier alpha value is -1.42. The van der Waals surface area contributed by atoms with E-state index >= 15 is 0 Å². The predicted molar refractivity (Wildman–Crippen MR) is 98.3 cm³/mol. The molecule has 0 saturated carbocycles. The molecule has 0 radical (unpaired) electrons. The number of piperazine rings is 1. The van der Waals surface area contributed by atoms with Gasteiger partial charge in [-0.15, -0.1) is 11.8 Å². The Kier molecular flexibility index (Phi) is 6.01. The molecule has 0 atom stereocenters. The molecule has 1 aliphatic rings. The van der Waals surface area contributed by atoms with Gasteiger partial charge in [0.15, 0.2) is 5.76 Å². The van der Waals surface area contributed by atoms with E-state index < -0.39 is 10.0 Å². The van der Waals surface area contributed by atoms with Crippen molar-refractivity contribution in [1.82, 2.24) is 14.4 Å². The molecule has 0 spiro atoms. The zero-order valence-corrected chi connectivity index (χ0v) is 16.4. The first-order valence-electron chi connectivity index (χ1n) is 8.42. The number of aromatic nitrogens is 1. The van der Waals surface area contributed by atoms with Gasteiger partial charge in [0.05, 0.1) is 0 Å². The van der Waals surface area contributed by atoms with E-state index in [1.54, 1.807) is 26.0 Å². The number of sulfonamides is 1. The Morgan fingerprint density at radius 1 is 1.19 bits per heavy atom. The van der Waals surface area contributed by atoms with Gasteiger partial charge in [0, 0.05) is 43.4 Å². The maximum atomic E-state index is 13.6. The van der Waals surface area contributed by atoms with Crippen molar-refractivity contribution in [3.8, 4) is 0 Å². The Morgan fingerprint density at radius 2 is 1.88 bits per heavy atom. The van der Waals surface area contributed by atoms with Crippen molar-refractivity contribution >= 4 is 21.8 Å². The van der Waals surface area contributed by atoms with Crippen LogP contribution >= 0.6 is 11.8 Å². The maximum absolute atomic E-state index is 13.6. The number of aryl methyl sites for hydroxylation is 2. The van der Waals surface area contributed by atoms with Crippen molar-refractivity contribution in [2.45, 2.75) is 23.6 Å². The molecule has 1 fully saturated rings. The monoisotopic (exact) mass is 399 g/mol. The number of hydrogen-bond donors (Lipinski definition) is 0. The van der Waals surface area contributed by atoms with Crippen molar-refractivity contribution in [3.63, 3.8) is 0 Å². The van der Waals surface area contributed by atoms with E-state index in [1.807, 2.05) is 6.07 Å². The highest BCUT2D eigenvalue weighted by molar-refractivity contribution is 7.99. The normalized spacial score (nSPS) is 16.9. The Morgan fingerprint density at radius 3 is 2.50 bits per heavy atom. The number of nitrogens with zero attached hydrogens (tertiary/aromatic N) is 3.